The van der Waals surface area contributed by atoms with Crippen LogP contribution in [0.25, 0.3) is 0 Å². The summed E-state index contributed by atoms with van der Waals surface area (Å²) in [5, 5.41) is 2.81. The van der Waals surface area contributed by atoms with E-state index in [4.69, 9.17) is 14.2 Å². The minimum Gasteiger partial charge on any atom is -0.445 e. The summed E-state index contributed by atoms with van der Waals surface area (Å²) in [5.41, 5.74) is 0.881. The summed E-state index contributed by atoms with van der Waals surface area (Å²) in [4.78, 5) is 38.2. The summed E-state index contributed by atoms with van der Waals surface area (Å²) in [7, 11) is 0. The van der Waals surface area contributed by atoms with E-state index in [9.17, 15) is 14.4 Å². The van der Waals surface area contributed by atoms with E-state index < -0.39 is 30.4 Å². The van der Waals surface area contributed by atoms with Crippen LogP contribution in [0.5, 0.6) is 0 Å². The molecule has 1 unspecified atom stereocenters. The zero-order chi connectivity index (χ0) is 20.1. The molecule has 3 atom stereocenters. The Morgan fingerprint density at radius 3 is 2.75 bits per heavy atom. The van der Waals surface area contributed by atoms with Crippen LogP contribution in [-0.2, 0) is 30.4 Å². The van der Waals surface area contributed by atoms with Gasteiger partial charge < -0.3 is 19.5 Å². The highest BCUT2D eigenvalue weighted by Crippen LogP contribution is 2.22. The van der Waals surface area contributed by atoms with Crippen molar-refractivity contribution in [2.75, 3.05) is 6.54 Å². The molecular weight excluding hydrogens is 364 g/mol. The van der Waals surface area contributed by atoms with Crippen LogP contribution in [-0.4, -0.2) is 53.9 Å². The third-order valence-corrected chi connectivity index (χ3v) is 4.69. The van der Waals surface area contributed by atoms with E-state index >= 15 is 0 Å². The van der Waals surface area contributed by atoms with Gasteiger partial charge in [0, 0.05) is 6.54 Å². The molecule has 1 aromatic carbocycles. The van der Waals surface area contributed by atoms with Gasteiger partial charge in [-0.1, -0.05) is 30.3 Å². The van der Waals surface area contributed by atoms with E-state index in [2.05, 4.69) is 5.32 Å². The lowest BCUT2D eigenvalue weighted by atomic mass is 10.1. The number of esters is 1. The van der Waals surface area contributed by atoms with Crippen LogP contribution in [0.1, 0.15) is 38.7 Å². The van der Waals surface area contributed by atoms with Gasteiger partial charge in [-0.2, -0.15) is 0 Å². The number of nitrogens with one attached hydrogen (secondary N) is 1. The Labute approximate surface area is 164 Å². The molecule has 2 aliphatic heterocycles. The molecule has 28 heavy (non-hydrogen) atoms. The molecule has 0 spiro atoms. The number of hydrogen-bond donors (Lipinski definition) is 1. The van der Waals surface area contributed by atoms with Crippen LogP contribution in [0.3, 0.4) is 0 Å². The van der Waals surface area contributed by atoms with Gasteiger partial charge in [-0.05, 0) is 32.3 Å². The Morgan fingerprint density at radius 1 is 1.29 bits per heavy atom. The number of carbonyl (C=O) groups is 3. The SMILES string of the molecule is CC(C)O[C@H]1OC(=O)C[C@@H]1NC(=O)C1CCCN1C(=O)OCc1ccccc1. The second-order valence-corrected chi connectivity index (χ2v) is 7.25. The largest absolute Gasteiger partial charge is 0.445 e. The lowest BCUT2D eigenvalue weighted by Gasteiger charge is -2.26. The molecule has 0 radical (unpaired) electrons. The zero-order valence-electron chi connectivity index (χ0n) is 16.1. The summed E-state index contributed by atoms with van der Waals surface area (Å²) in [6.07, 6.45) is -0.166. The molecule has 0 aliphatic carbocycles. The molecule has 8 heteroatoms. The lowest BCUT2D eigenvalue weighted by Crippen LogP contribution is -2.51. The van der Waals surface area contributed by atoms with Crippen LogP contribution in [0, 0.1) is 0 Å². The number of rotatable bonds is 6. The van der Waals surface area contributed by atoms with E-state index in [-0.39, 0.29) is 25.0 Å². The first-order chi connectivity index (χ1) is 13.4. The van der Waals surface area contributed by atoms with Gasteiger partial charge in [0.25, 0.3) is 0 Å². The van der Waals surface area contributed by atoms with Crippen molar-refractivity contribution in [1.29, 1.82) is 0 Å². The maximum absolute atomic E-state index is 12.7. The Hall–Kier alpha value is -2.61. The first kappa shape index (κ1) is 20.1. The summed E-state index contributed by atoms with van der Waals surface area (Å²) in [6.45, 7) is 4.26. The van der Waals surface area contributed by atoms with E-state index in [1.165, 1.54) is 4.90 Å². The molecule has 2 amide bonds. The second-order valence-electron chi connectivity index (χ2n) is 7.25. The van der Waals surface area contributed by atoms with Crippen molar-refractivity contribution in [1.82, 2.24) is 10.2 Å². The van der Waals surface area contributed by atoms with E-state index in [1.807, 2.05) is 44.2 Å². The van der Waals surface area contributed by atoms with Crippen molar-refractivity contribution in [3.8, 4) is 0 Å². The highest BCUT2D eigenvalue weighted by Gasteiger charge is 2.41. The summed E-state index contributed by atoms with van der Waals surface area (Å²) < 4.78 is 16.0. The molecular formula is C20H26N2O6. The van der Waals surface area contributed by atoms with Gasteiger partial charge in [0.05, 0.1) is 12.5 Å². The fraction of sp³-hybridized carbons (Fsp3) is 0.550. The van der Waals surface area contributed by atoms with Crippen molar-refractivity contribution in [3.63, 3.8) is 0 Å². The fourth-order valence-corrected chi connectivity index (χ4v) is 3.38. The molecule has 0 bridgehead atoms. The molecule has 1 N–H and O–H groups in total. The van der Waals surface area contributed by atoms with Crippen molar-refractivity contribution < 1.29 is 28.6 Å². The van der Waals surface area contributed by atoms with E-state index in [1.54, 1.807) is 0 Å². The minimum absolute atomic E-state index is 0.0499. The Balaban J connectivity index is 1.56. The number of hydrogen-bond acceptors (Lipinski definition) is 6. The van der Waals surface area contributed by atoms with Gasteiger partial charge in [0.2, 0.25) is 12.2 Å². The second kappa shape index (κ2) is 9.05. The first-order valence-electron chi connectivity index (χ1n) is 9.56. The predicted octanol–water partition coefficient (Wildman–Crippen LogP) is 1.97. The number of ether oxygens (including phenoxy) is 3. The Bertz CT molecular complexity index is 708. The number of nitrogens with zero attached hydrogens (tertiary/aromatic N) is 1. The highest BCUT2D eigenvalue weighted by atomic mass is 16.7. The maximum Gasteiger partial charge on any atom is 0.410 e. The smallest absolute Gasteiger partial charge is 0.410 e. The number of benzene rings is 1. The average molecular weight is 390 g/mol. The van der Waals surface area contributed by atoms with Gasteiger partial charge in [0.1, 0.15) is 18.7 Å². The lowest BCUT2D eigenvalue weighted by molar-refractivity contribution is -0.173. The van der Waals surface area contributed by atoms with Crippen LogP contribution >= 0.6 is 0 Å². The monoisotopic (exact) mass is 390 g/mol. The minimum atomic E-state index is -0.809. The quantitative estimate of drug-likeness (QED) is 0.747. The van der Waals surface area contributed by atoms with Gasteiger partial charge >= 0.3 is 12.1 Å². The molecule has 152 valence electrons. The molecule has 0 aromatic heterocycles. The summed E-state index contributed by atoms with van der Waals surface area (Å²) in [6, 6.07) is 8.18. The number of likely N-dealkylation sites (tertiary alicyclic amines) is 1. The molecule has 0 saturated carbocycles. The fourth-order valence-electron chi connectivity index (χ4n) is 3.38. The highest BCUT2D eigenvalue weighted by molar-refractivity contribution is 5.87. The molecule has 2 heterocycles. The normalized spacial score (nSPS) is 24.3. The van der Waals surface area contributed by atoms with Crippen LogP contribution < -0.4 is 5.32 Å². The van der Waals surface area contributed by atoms with Crippen LogP contribution in [0.15, 0.2) is 30.3 Å². The van der Waals surface area contributed by atoms with E-state index in [0.29, 0.717) is 19.4 Å². The molecule has 2 aliphatic rings. The van der Waals surface area contributed by atoms with Crippen molar-refractivity contribution >= 4 is 18.0 Å². The summed E-state index contributed by atoms with van der Waals surface area (Å²) in [5.74, 6) is -0.740. The maximum atomic E-state index is 12.7. The third kappa shape index (κ3) is 5.01. The number of carbonyl (C=O) groups excluding carboxylic acids is 3. The molecule has 2 saturated heterocycles. The Morgan fingerprint density at radius 2 is 2.04 bits per heavy atom. The zero-order valence-corrected chi connectivity index (χ0v) is 16.1. The van der Waals surface area contributed by atoms with Crippen molar-refractivity contribution in [2.24, 2.45) is 0 Å². The van der Waals surface area contributed by atoms with Gasteiger partial charge in [-0.25, -0.2) is 4.79 Å². The van der Waals surface area contributed by atoms with Gasteiger partial charge in [-0.15, -0.1) is 0 Å². The standard InChI is InChI=1S/C20H26N2O6/c1-13(2)27-19-15(11-17(23)28-19)21-18(24)16-9-6-10-22(16)20(25)26-12-14-7-4-3-5-8-14/h3-5,7-8,13,15-16,19H,6,9-12H2,1-2H3,(H,21,24)/t15-,16?,19-/m0/s1. The summed E-state index contributed by atoms with van der Waals surface area (Å²) >= 11 is 0. The van der Waals surface area contributed by atoms with Crippen molar-refractivity contribution in [3.05, 3.63) is 35.9 Å². The van der Waals surface area contributed by atoms with E-state index in [0.717, 1.165) is 5.56 Å². The predicted molar refractivity (Wildman–Crippen MR) is 99.0 cm³/mol. The third-order valence-electron chi connectivity index (χ3n) is 4.69. The van der Waals surface area contributed by atoms with Gasteiger partial charge in [-0.3, -0.25) is 14.5 Å². The van der Waals surface area contributed by atoms with Crippen LogP contribution in [0.2, 0.25) is 0 Å². The molecule has 1 aromatic rings. The van der Waals surface area contributed by atoms with Crippen LogP contribution in [0.4, 0.5) is 4.79 Å². The topological polar surface area (TPSA) is 94.2 Å². The molecule has 2 fully saturated rings. The first-order valence-corrected chi connectivity index (χ1v) is 9.56. The Kier molecular flexibility index (Phi) is 6.51. The number of cyclic esters (lactones) is 1. The molecule has 8 nitrogen and oxygen atoms in total. The number of amides is 2. The molecule has 3 rings (SSSR count). The van der Waals surface area contributed by atoms with Crippen molar-refractivity contribution in [2.45, 2.75) is 64.2 Å². The van der Waals surface area contributed by atoms with Gasteiger partial charge in [0.15, 0.2) is 0 Å². The average Bonchev–Trinajstić information content (AvgIpc) is 3.27.